The normalized spacial score (nSPS) is 20.8. The summed E-state index contributed by atoms with van der Waals surface area (Å²) < 4.78 is 15.4. The van der Waals surface area contributed by atoms with Gasteiger partial charge in [-0.25, -0.2) is 0 Å². The van der Waals surface area contributed by atoms with E-state index in [9.17, 15) is 9.59 Å². The third-order valence-corrected chi connectivity index (χ3v) is 4.72. The number of hydrogen-bond donors (Lipinski definition) is 2. The molecule has 7 nitrogen and oxygen atoms in total. The Morgan fingerprint density at radius 3 is 2.58 bits per heavy atom. The summed E-state index contributed by atoms with van der Waals surface area (Å²) in [6.45, 7) is 2.89. The number of ether oxygens (including phenoxy) is 3. The number of carbonyl (C=O) groups excluding carboxylic acids is 2. The summed E-state index contributed by atoms with van der Waals surface area (Å²) in [4.78, 5) is 24.6. The van der Waals surface area contributed by atoms with E-state index >= 15 is 0 Å². The van der Waals surface area contributed by atoms with E-state index in [0.717, 1.165) is 24.9 Å². The summed E-state index contributed by atoms with van der Waals surface area (Å²) >= 11 is 0. The van der Waals surface area contributed by atoms with Gasteiger partial charge in [-0.05, 0) is 44.0 Å². The lowest BCUT2D eigenvalue weighted by atomic mass is 9.91. The number of methoxy groups -OCH3 is 3. The second-order valence-corrected chi connectivity index (χ2v) is 6.53. The van der Waals surface area contributed by atoms with Crippen molar-refractivity contribution in [2.24, 2.45) is 5.92 Å². The summed E-state index contributed by atoms with van der Waals surface area (Å²) in [5.41, 5.74) is 0.767. The van der Waals surface area contributed by atoms with Crippen molar-refractivity contribution in [3.63, 3.8) is 0 Å². The summed E-state index contributed by atoms with van der Waals surface area (Å²) in [7, 11) is 4.44. The molecule has 2 rings (SSSR count). The average Bonchev–Trinajstić information content (AvgIpc) is 2.66. The van der Waals surface area contributed by atoms with Gasteiger partial charge < -0.3 is 24.8 Å². The van der Waals surface area contributed by atoms with Gasteiger partial charge in [0.05, 0.1) is 33.8 Å². The van der Waals surface area contributed by atoms with Crippen LogP contribution in [0.25, 0.3) is 0 Å². The molecule has 0 spiro atoms. The highest BCUT2D eigenvalue weighted by Crippen LogP contribution is 2.31. The van der Waals surface area contributed by atoms with Crippen LogP contribution in [0.3, 0.4) is 0 Å². The van der Waals surface area contributed by atoms with Crippen LogP contribution >= 0.6 is 0 Å². The number of rotatable bonds is 7. The van der Waals surface area contributed by atoms with Crippen molar-refractivity contribution in [2.45, 2.75) is 38.3 Å². The molecular weight excluding hydrogens is 336 g/mol. The molecule has 144 valence electrons. The van der Waals surface area contributed by atoms with Crippen molar-refractivity contribution >= 4 is 11.9 Å². The van der Waals surface area contributed by atoms with Crippen LogP contribution in [0.4, 0.5) is 0 Å². The Morgan fingerprint density at radius 1 is 1.23 bits per heavy atom. The topological polar surface area (TPSA) is 85.9 Å². The predicted octanol–water partition coefficient (Wildman–Crippen LogP) is 1.81. The summed E-state index contributed by atoms with van der Waals surface area (Å²) in [5, 5.41) is 6.35. The fourth-order valence-electron chi connectivity index (χ4n) is 3.23. The molecule has 3 atom stereocenters. The maximum absolute atomic E-state index is 12.7. The van der Waals surface area contributed by atoms with Crippen LogP contribution in [0.5, 0.6) is 11.5 Å². The molecule has 1 aliphatic heterocycles. The first-order valence-corrected chi connectivity index (χ1v) is 8.81. The van der Waals surface area contributed by atoms with Gasteiger partial charge in [-0.3, -0.25) is 9.59 Å². The summed E-state index contributed by atoms with van der Waals surface area (Å²) in [6.07, 6.45) is 1.62. The van der Waals surface area contributed by atoms with Gasteiger partial charge in [-0.1, -0.05) is 6.07 Å². The van der Waals surface area contributed by atoms with Crippen LogP contribution < -0.4 is 20.1 Å². The van der Waals surface area contributed by atoms with Crippen LogP contribution in [0.1, 0.15) is 37.8 Å². The Bertz CT molecular complexity index is 634. The molecule has 1 aliphatic rings. The molecule has 1 saturated heterocycles. The molecule has 2 N–H and O–H groups in total. The van der Waals surface area contributed by atoms with Crippen LogP contribution in [-0.4, -0.2) is 45.8 Å². The van der Waals surface area contributed by atoms with Crippen molar-refractivity contribution in [3.8, 4) is 11.5 Å². The van der Waals surface area contributed by atoms with Gasteiger partial charge in [0.15, 0.2) is 11.5 Å². The minimum absolute atomic E-state index is 0.0398. The molecule has 1 fully saturated rings. The third kappa shape index (κ3) is 5.11. The smallest absolute Gasteiger partial charge is 0.307 e. The predicted molar refractivity (Wildman–Crippen MR) is 97.3 cm³/mol. The Kier molecular flexibility index (Phi) is 7.26. The number of esters is 1. The first-order chi connectivity index (χ1) is 12.5. The lowest BCUT2D eigenvalue weighted by Crippen LogP contribution is -2.43. The van der Waals surface area contributed by atoms with Gasteiger partial charge in [0.2, 0.25) is 5.91 Å². The van der Waals surface area contributed by atoms with Crippen molar-refractivity contribution < 1.29 is 23.8 Å². The van der Waals surface area contributed by atoms with E-state index in [1.54, 1.807) is 26.4 Å². The summed E-state index contributed by atoms with van der Waals surface area (Å²) in [6, 6.07) is 5.18. The highest BCUT2D eigenvalue weighted by atomic mass is 16.5. The number of carbonyl (C=O) groups is 2. The Morgan fingerprint density at radius 2 is 1.96 bits per heavy atom. The summed E-state index contributed by atoms with van der Waals surface area (Å²) in [5.74, 6) is 0.647. The van der Waals surface area contributed by atoms with E-state index in [2.05, 4.69) is 17.6 Å². The van der Waals surface area contributed by atoms with Gasteiger partial charge in [0.1, 0.15) is 0 Å². The molecule has 0 saturated carbocycles. The van der Waals surface area contributed by atoms with Crippen LogP contribution in [0, 0.1) is 5.92 Å². The second kappa shape index (κ2) is 9.43. The highest BCUT2D eigenvalue weighted by Gasteiger charge is 2.28. The molecule has 0 radical (unpaired) electrons. The van der Waals surface area contributed by atoms with Crippen LogP contribution in [0.2, 0.25) is 0 Å². The zero-order valence-electron chi connectivity index (χ0n) is 15.8. The van der Waals surface area contributed by atoms with Crippen molar-refractivity contribution in [3.05, 3.63) is 23.8 Å². The van der Waals surface area contributed by atoms with E-state index in [1.807, 2.05) is 6.07 Å². The fourth-order valence-corrected chi connectivity index (χ4v) is 3.23. The third-order valence-electron chi connectivity index (χ3n) is 4.72. The molecule has 1 unspecified atom stereocenters. The number of hydrogen-bond acceptors (Lipinski definition) is 6. The zero-order chi connectivity index (χ0) is 19.1. The molecular formula is C19H28N2O5. The largest absolute Gasteiger partial charge is 0.493 e. The second-order valence-electron chi connectivity index (χ2n) is 6.53. The SMILES string of the molecule is COC(=O)CC(NC(=O)[C@H]1CCN[C@@H](C)C1)c1ccc(OC)c(OC)c1. The number of amides is 1. The van der Waals surface area contributed by atoms with Gasteiger partial charge in [0, 0.05) is 12.0 Å². The Hall–Kier alpha value is -2.28. The Balaban J connectivity index is 2.20. The number of benzene rings is 1. The zero-order valence-corrected chi connectivity index (χ0v) is 15.8. The molecule has 1 amide bonds. The van der Waals surface area contributed by atoms with Gasteiger partial charge in [0.25, 0.3) is 0 Å². The molecule has 0 aliphatic carbocycles. The van der Waals surface area contributed by atoms with Crippen LogP contribution in [-0.2, 0) is 14.3 Å². The monoisotopic (exact) mass is 364 g/mol. The highest BCUT2D eigenvalue weighted by molar-refractivity contribution is 5.80. The van der Waals surface area contributed by atoms with Gasteiger partial charge >= 0.3 is 5.97 Å². The molecule has 7 heteroatoms. The Labute approximate surface area is 154 Å². The first-order valence-electron chi connectivity index (χ1n) is 8.81. The molecule has 1 aromatic carbocycles. The van der Waals surface area contributed by atoms with E-state index in [4.69, 9.17) is 14.2 Å². The maximum Gasteiger partial charge on any atom is 0.307 e. The quantitative estimate of drug-likeness (QED) is 0.718. The molecule has 1 aromatic rings. The van der Waals surface area contributed by atoms with Crippen molar-refractivity contribution in [1.82, 2.24) is 10.6 Å². The van der Waals surface area contributed by atoms with Crippen molar-refractivity contribution in [2.75, 3.05) is 27.9 Å². The van der Waals surface area contributed by atoms with E-state index in [0.29, 0.717) is 17.5 Å². The van der Waals surface area contributed by atoms with E-state index < -0.39 is 6.04 Å². The maximum atomic E-state index is 12.7. The molecule has 0 aromatic heterocycles. The van der Waals surface area contributed by atoms with Gasteiger partial charge in [-0.2, -0.15) is 0 Å². The lowest BCUT2D eigenvalue weighted by molar-refractivity contribution is -0.141. The standard InChI is InChI=1S/C19H28N2O5/c1-12-9-14(7-8-20-12)19(23)21-15(11-18(22)26-4)13-5-6-16(24-2)17(10-13)25-3/h5-6,10,12,14-15,20H,7-9,11H2,1-4H3,(H,21,23)/t12-,14-,15?/m0/s1. The van der Waals surface area contributed by atoms with E-state index in [1.165, 1.54) is 7.11 Å². The number of piperidine rings is 1. The molecule has 1 heterocycles. The fraction of sp³-hybridized carbons (Fsp3) is 0.579. The van der Waals surface area contributed by atoms with Gasteiger partial charge in [-0.15, -0.1) is 0 Å². The first kappa shape index (κ1) is 20.0. The minimum Gasteiger partial charge on any atom is -0.493 e. The number of nitrogens with one attached hydrogen (secondary N) is 2. The van der Waals surface area contributed by atoms with E-state index in [-0.39, 0.29) is 24.2 Å². The molecule has 26 heavy (non-hydrogen) atoms. The lowest BCUT2D eigenvalue weighted by Gasteiger charge is -2.29. The molecule has 0 bridgehead atoms. The minimum atomic E-state index is -0.486. The van der Waals surface area contributed by atoms with Crippen molar-refractivity contribution in [1.29, 1.82) is 0 Å². The van der Waals surface area contributed by atoms with Crippen LogP contribution in [0.15, 0.2) is 18.2 Å². The average molecular weight is 364 g/mol.